The van der Waals surface area contributed by atoms with Crippen molar-refractivity contribution in [2.45, 2.75) is 50.5 Å². The van der Waals surface area contributed by atoms with Gasteiger partial charge >= 0.3 is 0 Å². The maximum Gasteiger partial charge on any atom is 0.257 e. The molecule has 0 bridgehead atoms. The Kier molecular flexibility index (Phi) is 6.52. The minimum absolute atomic E-state index is 0.00167. The fraction of sp³-hybridized carbons (Fsp3) is 0.321. The molecule has 8 heteroatoms. The van der Waals surface area contributed by atoms with Gasteiger partial charge in [-0.05, 0) is 60.7 Å². The molecule has 5 rings (SSSR count). The van der Waals surface area contributed by atoms with Gasteiger partial charge in [0.25, 0.3) is 5.91 Å². The van der Waals surface area contributed by atoms with Crippen molar-refractivity contribution >= 4 is 17.5 Å². The van der Waals surface area contributed by atoms with E-state index in [4.69, 9.17) is 16.9 Å². The third-order valence-electron chi connectivity index (χ3n) is 7.29. The first kappa shape index (κ1) is 24.4. The third kappa shape index (κ3) is 4.16. The van der Waals surface area contributed by atoms with Crippen molar-refractivity contribution in [1.29, 1.82) is 5.26 Å². The Morgan fingerprint density at radius 1 is 1.17 bits per heavy atom. The number of benzene rings is 2. The summed E-state index contributed by atoms with van der Waals surface area (Å²) in [7, 11) is 0. The molecule has 2 atom stereocenters. The van der Waals surface area contributed by atoms with Gasteiger partial charge in [-0.15, -0.1) is 0 Å². The van der Waals surface area contributed by atoms with Crippen LogP contribution in [0, 0.1) is 23.1 Å². The van der Waals surface area contributed by atoms with Gasteiger partial charge in [-0.2, -0.15) is 5.26 Å². The van der Waals surface area contributed by atoms with Crippen LogP contribution in [0.5, 0.6) is 0 Å². The van der Waals surface area contributed by atoms with Gasteiger partial charge in [-0.1, -0.05) is 43.0 Å². The number of rotatable bonds is 5. The topological polar surface area (TPSA) is 97.5 Å². The van der Waals surface area contributed by atoms with Crippen LogP contribution in [0.4, 0.5) is 4.39 Å². The Bertz CT molecular complexity index is 1330. The lowest BCUT2D eigenvalue weighted by molar-refractivity contribution is -0.0567. The van der Waals surface area contributed by atoms with E-state index in [2.05, 4.69) is 4.98 Å². The fourth-order valence-corrected chi connectivity index (χ4v) is 5.51. The van der Waals surface area contributed by atoms with Crippen LogP contribution in [0.2, 0.25) is 5.02 Å². The zero-order valence-corrected chi connectivity index (χ0v) is 20.2. The van der Waals surface area contributed by atoms with Gasteiger partial charge in [-0.25, -0.2) is 4.39 Å². The van der Waals surface area contributed by atoms with Crippen molar-refractivity contribution < 1.29 is 19.4 Å². The first-order valence-electron chi connectivity index (χ1n) is 12.0. The van der Waals surface area contributed by atoms with Crippen LogP contribution in [0.25, 0.3) is 0 Å². The largest absolute Gasteiger partial charge is 0.388 e. The van der Waals surface area contributed by atoms with E-state index in [0.717, 1.165) is 37.0 Å². The number of nitrogens with zero attached hydrogens (tertiary/aromatic N) is 3. The second-order valence-corrected chi connectivity index (χ2v) is 9.93. The molecular weight excluding hydrogens is 481 g/mol. The van der Waals surface area contributed by atoms with E-state index in [9.17, 15) is 15.0 Å². The quantitative estimate of drug-likeness (QED) is 0.496. The Labute approximate surface area is 213 Å². The van der Waals surface area contributed by atoms with E-state index < -0.39 is 23.6 Å². The van der Waals surface area contributed by atoms with Gasteiger partial charge in [0.15, 0.2) is 5.72 Å². The van der Waals surface area contributed by atoms with E-state index in [1.165, 1.54) is 18.3 Å². The maximum atomic E-state index is 15.8. The van der Waals surface area contributed by atoms with E-state index in [1.807, 2.05) is 6.07 Å². The minimum Gasteiger partial charge on any atom is -0.388 e. The molecule has 1 aliphatic heterocycles. The number of aromatic nitrogens is 1. The Morgan fingerprint density at radius 2 is 1.89 bits per heavy atom. The van der Waals surface area contributed by atoms with E-state index in [-0.39, 0.29) is 29.2 Å². The lowest BCUT2D eigenvalue weighted by Gasteiger charge is -2.35. The normalized spacial score (nSPS) is 20.8. The predicted molar refractivity (Wildman–Crippen MR) is 131 cm³/mol. The molecule has 2 N–H and O–H groups in total. The highest BCUT2D eigenvalue weighted by atomic mass is 35.5. The summed E-state index contributed by atoms with van der Waals surface area (Å²) in [5.74, 6) is -1.34. The molecule has 2 heterocycles. The minimum atomic E-state index is -2.12. The number of aliphatic hydroxyl groups is 2. The molecule has 3 aromatic rings. The van der Waals surface area contributed by atoms with E-state index >= 15 is 4.39 Å². The number of fused-ring (bicyclic) bond motifs is 1. The smallest absolute Gasteiger partial charge is 0.257 e. The Balaban J connectivity index is 1.60. The Morgan fingerprint density at radius 3 is 2.53 bits per heavy atom. The lowest BCUT2D eigenvalue weighted by Crippen LogP contribution is -2.44. The predicted octanol–water partition coefficient (Wildman–Crippen LogP) is 5.21. The summed E-state index contributed by atoms with van der Waals surface area (Å²) in [6.45, 7) is -0.127. The molecule has 1 aliphatic carbocycles. The van der Waals surface area contributed by atoms with Crippen molar-refractivity contribution in [2.24, 2.45) is 5.92 Å². The number of amides is 1. The number of hydrogen-bond acceptors (Lipinski definition) is 5. The summed E-state index contributed by atoms with van der Waals surface area (Å²) in [4.78, 5) is 19.1. The van der Waals surface area contributed by atoms with Crippen LogP contribution in [0.1, 0.15) is 76.5 Å². The van der Waals surface area contributed by atoms with Crippen molar-refractivity contribution in [3.05, 3.63) is 99.1 Å². The summed E-state index contributed by atoms with van der Waals surface area (Å²) in [5, 5.41) is 32.5. The Hall–Kier alpha value is -3.31. The molecular formula is C28H25ClFN3O3. The molecule has 1 amide bonds. The summed E-state index contributed by atoms with van der Waals surface area (Å²) in [6, 6.07) is 14.1. The van der Waals surface area contributed by atoms with Gasteiger partial charge in [0.1, 0.15) is 11.9 Å². The molecule has 6 nitrogen and oxygen atoms in total. The SMILES string of the molecule is N#Cc1ccc(CN2C(=O)c3cc(C(O)C4CCCCC4)cc(F)c3C2(O)c2ccc(Cl)cc2)nc1. The molecule has 184 valence electrons. The molecule has 2 aromatic carbocycles. The van der Waals surface area contributed by atoms with Gasteiger partial charge in [-0.3, -0.25) is 14.7 Å². The number of halogens is 2. The van der Waals surface area contributed by atoms with Crippen LogP contribution >= 0.6 is 11.6 Å². The molecule has 0 spiro atoms. The second kappa shape index (κ2) is 9.62. The number of carbonyl (C=O) groups excluding carboxylic acids is 1. The van der Waals surface area contributed by atoms with Gasteiger partial charge < -0.3 is 10.2 Å². The van der Waals surface area contributed by atoms with Gasteiger partial charge in [0.05, 0.1) is 35.0 Å². The third-order valence-corrected chi connectivity index (χ3v) is 7.54. The van der Waals surface area contributed by atoms with Crippen molar-refractivity contribution in [1.82, 2.24) is 9.88 Å². The molecule has 1 fully saturated rings. The molecule has 0 saturated heterocycles. The van der Waals surface area contributed by atoms with Crippen LogP contribution in [-0.2, 0) is 12.3 Å². The average molecular weight is 506 g/mol. The average Bonchev–Trinajstić information content (AvgIpc) is 3.12. The van der Waals surface area contributed by atoms with Crippen LogP contribution in [0.3, 0.4) is 0 Å². The first-order valence-corrected chi connectivity index (χ1v) is 12.4. The summed E-state index contributed by atoms with van der Waals surface area (Å²) in [6.07, 6.45) is 5.32. The summed E-state index contributed by atoms with van der Waals surface area (Å²) in [5.41, 5.74) is -0.893. The highest BCUT2D eigenvalue weighted by molar-refractivity contribution is 6.30. The number of carbonyl (C=O) groups is 1. The van der Waals surface area contributed by atoms with Crippen molar-refractivity contribution in [3.8, 4) is 6.07 Å². The number of hydrogen-bond donors (Lipinski definition) is 2. The second-order valence-electron chi connectivity index (χ2n) is 9.49. The highest BCUT2D eigenvalue weighted by Gasteiger charge is 2.52. The zero-order valence-electron chi connectivity index (χ0n) is 19.5. The molecule has 2 unspecified atom stereocenters. The highest BCUT2D eigenvalue weighted by Crippen LogP contribution is 2.46. The summed E-state index contributed by atoms with van der Waals surface area (Å²) >= 11 is 6.05. The summed E-state index contributed by atoms with van der Waals surface area (Å²) < 4.78 is 15.8. The van der Waals surface area contributed by atoms with Crippen LogP contribution in [0.15, 0.2) is 54.7 Å². The molecule has 1 aromatic heterocycles. The number of aliphatic hydroxyl groups excluding tert-OH is 1. The van der Waals surface area contributed by atoms with E-state index in [0.29, 0.717) is 21.8 Å². The molecule has 2 aliphatic rings. The standard InChI is InChI=1S/C28H25ClFN3O3/c29-21-9-7-20(8-10-21)28(36)25-23(27(35)33(28)16-22-11-6-17(14-31)15-32-22)12-19(13-24(25)30)26(34)18-4-2-1-3-5-18/h6-13,15,18,26,34,36H,1-5,16H2. The zero-order chi connectivity index (χ0) is 25.4. The monoisotopic (exact) mass is 505 g/mol. The van der Waals surface area contributed by atoms with E-state index in [1.54, 1.807) is 36.4 Å². The van der Waals surface area contributed by atoms with Crippen LogP contribution in [-0.4, -0.2) is 26.0 Å². The van der Waals surface area contributed by atoms with Gasteiger partial charge in [0.2, 0.25) is 0 Å². The van der Waals surface area contributed by atoms with Crippen molar-refractivity contribution in [3.63, 3.8) is 0 Å². The number of nitriles is 1. The fourth-order valence-electron chi connectivity index (χ4n) is 5.39. The molecule has 36 heavy (non-hydrogen) atoms. The van der Waals surface area contributed by atoms with Crippen LogP contribution < -0.4 is 0 Å². The molecule has 0 radical (unpaired) electrons. The maximum absolute atomic E-state index is 15.8. The number of pyridine rings is 1. The van der Waals surface area contributed by atoms with Gasteiger partial charge in [0, 0.05) is 16.8 Å². The first-order chi connectivity index (χ1) is 17.3. The lowest BCUT2D eigenvalue weighted by atomic mass is 9.82. The molecule has 1 saturated carbocycles. The van der Waals surface area contributed by atoms with Crippen molar-refractivity contribution in [2.75, 3.05) is 0 Å².